The van der Waals surface area contributed by atoms with Gasteiger partial charge in [0.2, 0.25) is 5.91 Å². The summed E-state index contributed by atoms with van der Waals surface area (Å²) in [5.41, 5.74) is 1.99. The van der Waals surface area contributed by atoms with Crippen LogP contribution in [-0.2, 0) is 17.6 Å². The molecule has 116 valence electrons. The number of hydrogen-bond acceptors (Lipinski definition) is 2. The number of piperidine rings is 1. The molecule has 2 heterocycles. The summed E-state index contributed by atoms with van der Waals surface area (Å²) in [6, 6.07) is 8.15. The van der Waals surface area contributed by atoms with E-state index in [1.54, 1.807) is 18.3 Å². The first-order chi connectivity index (χ1) is 10.7. The van der Waals surface area contributed by atoms with E-state index in [0.717, 1.165) is 43.6 Å². The quantitative estimate of drug-likeness (QED) is 0.943. The molecular weight excluding hydrogens is 281 g/mol. The predicted octanol–water partition coefficient (Wildman–Crippen LogP) is 2.57. The van der Waals surface area contributed by atoms with Crippen LogP contribution in [0, 0.1) is 11.7 Å². The van der Waals surface area contributed by atoms with Gasteiger partial charge in [-0.3, -0.25) is 9.89 Å². The number of halogens is 1. The van der Waals surface area contributed by atoms with Crippen molar-refractivity contribution in [2.75, 3.05) is 13.1 Å². The summed E-state index contributed by atoms with van der Waals surface area (Å²) in [4.78, 5) is 14.4. The normalized spacial score (nSPS) is 18.4. The summed E-state index contributed by atoms with van der Waals surface area (Å²) in [5, 5.41) is 6.95. The molecule has 1 saturated heterocycles. The van der Waals surface area contributed by atoms with Gasteiger partial charge in [0, 0.05) is 25.0 Å². The summed E-state index contributed by atoms with van der Waals surface area (Å²) < 4.78 is 12.9. The lowest BCUT2D eigenvalue weighted by Gasteiger charge is -2.32. The Morgan fingerprint density at radius 2 is 2.14 bits per heavy atom. The van der Waals surface area contributed by atoms with Crippen molar-refractivity contribution < 1.29 is 9.18 Å². The summed E-state index contributed by atoms with van der Waals surface area (Å²) in [5.74, 6) is 0.334. The second-order valence-electron chi connectivity index (χ2n) is 5.94. The molecule has 1 fully saturated rings. The molecule has 1 aliphatic heterocycles. The van der Waals surface area contributed by atoms with Gasteiger partial charge >= 0.3 is 0 Å². The topological polar surface area (TPSA) is 49.0 Å². The summed E-state index contributed by atoms with van der Waals surface area (Å²) in [6.45, 7) is 1.61. The van der Waals surface area contributed by atoms with Crippen molar-refractivity contribution in [1.29, 1.82) is 0 Å². The van der Waals surface area contributed by atoms with E-state index in [4.69, 9.17) is 0 Å². The van der Waals surface area contributed by atoms with Gasteiger partial charge < -0.3 is 4.90 Å². The number of nitrogens with zero attached hydrogens (tertiary/aromatic N) is 2. The van der Waals surface area contributed by atoms with Crippen molar-refractivity contribution >= 4 is 5.91 Å². The second-order valence-corrected chi connectivity index (χ2v) is 5.94. The number of carbonyl (C=O) groups excluding carboxylic acids is 1. The molecule has 0 unspecified atom stereocenters. The Hall–Kier alpha value is -2.17. The molecule has 1 N–H and O–H groups in total. The number of likely N-dealkylation sites (tertiary alicyclic amines) is 1. The molecule has 0 bridgehead atoms. The van der Waals surface area contributed by atoms with Crippen molar-refractivity contribution in [3.05, 3.63) is 53.6 Å². The maximum Gasteiger partial charge on any atom is 0.226 e. The van der Waals surface area contributed by atoms with Crippen LogP contribution in [0.1, 0.15) is 24.1 Å². The third kappa shape index (κ3) is 3.72. The average Bonchev–Trinajstić information content (AvgIpc) is 3.03. The van der Waals surface area contributed by atoms with E-state index in [2.05, 4.69) is 10.2 Å². The first-order valence-electron chi connectivity index (χ1n) is 7.71. The van der Waals surface area contributed by atoms with E-state index in [1.165, 1.54) is 12.1 Å². The molecular formula is C17H20FN3O. The Kier molecular flexibility index (Phi) is 4.51. The fourth-order valence-corrected chi connectivity index (χ4v) is 3.06. The van der Waals surface area contributed by atoms with Crippen LogP contribution < -0.4 is 0 Å². The van der Waals surface area contributed by atoms with Crippen LogP contribution in [-0.4, -0.2) is 34.1 Å². The maximum absolute atomic E-state index is 12.9. The minimum Gasteiger partial charge on any atom is -0.342 e. The highest BCUT2D eigenvalue weighted by Crippen LogP contribution is 2.20. The molecule has 22 heavy (non-hydrogen) atoms. The monoisotopic (exact) mass is 301 g/mol. The van der Waals surface area contributed by atoms with Gasteiger partial charge in [-0.2, -0.15) is 5.10 Å². The van der Waals surface area contributed by atoms with Crippen LogP contribution in [0.3, 0.4) is 0 Å². The van der Waals surface area contributed by atoms with Gasteiger partial charge in [-0.15, -0.1) is 0 Å². The Bertz CT molecular complexity index is 609. The van der Waals surface area contributed by atoms with Crippen LogP contribution in [0.25, 0.3) is 0 Å². The average molecular weight is 301 g/mol. The first-order valence-corrected chi connectivity index (χ1v) is 7.71. The lowest BCUT2D eigenvalue weighted by atomic mass is 9.93. The van der Waals surface area contributed by atoms with Crippen LogP contribution in [0.15, 0.2) is 36.5 Å². The number of amides is 1. The third-order valence-electron chi connectivity index (χ3n) is 4.21. The van der Waals surface area contributed by atoms with Crippen LogP contribution in [0.5, 0.6) is 0 Å². The van der Waals surface area contributed by atoms with Crippen LogP contribution >= 0.6 is 0 Å². The fourth-order valence-electron chi connectivity index (χ4n) is 3.06. The Balaban J connectivity index is 1.56. The van der Waals surface area contributed by atoms with E-state index in [1.807, 2.05) is 11.0 Å². The number of rotatable bonds is 4. The summed E-state index contributed by atoms with van der Waals surface area (Å²) in [7, 11) is 0. The number of carbonyl (C=O) groups is 1. The van der Waals surface area contributed by atoms with Gasteiger partial charge in [-0.1, -0.05) is 12.1 Å². The number of benzene rings is 1. The second kappa shape index (κ2) is 6.73. The van der Waals surface area contributed by atoms with Crippen molar-refractivity contribution in [1.82, 2.24) is 15.1 Å². The van der Waals surface area contributed by atoms with E-state index in [0.29, 0.717) is 12.3 Å². The lowest BCUT2D eigenvalue weighted by Crippen LogP contribution is -2.41. The summed E-state index contributed by atoms with van der Waals surface area (Å²) >= 11 is 0. The highest BCUT2D eigenvalue weighted by atomic mass is 19.1. The smallest absolute Gasteiger partial charge is 0.226 e. The van der Waals surface area contributed by atoms with E-state index in [9.17, 15) is 9.18 Å². The zero-order valence-electron chi connectivity index (χ0n) is 12.5. The van der Waals surface area contributed by atoms with Crippen molar-refractivity contribution in [2.45, 2.75) is 25.7 Å². The SMILES string of the molecule is O=C(Cc1ccc(F)cc1)N1CCC[C@@H](Cc2ccn[nH]2)C1. The zero-order valence-corrected chi connectivity index (χ0v) is 12.5. The molecule has 0 radical (unpaired) electrons. The largest absolute Gasteiger partial charge is 0.342 e. The number of aromatic amines is 1. The predicted molar refractivity (Wildman–Crippen MR) is 81.7 cm³/mol. The third-order valence-corrected chi connectivity index (χ3v) is 4.21. The Morgan fingerprint density at radius 1 is 1.32 bits per heavy atom. The summed E-state index contributed by atoms with van der Waals surface area (Å²) in [6.07, 6.45) is 5.21. The number of H-pyrrole nitrogens is 1. The number of aromatic nitrogens is 2. The van der Waals surface area contributed by atoms with Crippen LogP contribution in [0.2, 0.25) is 0 Å². The maximum atomic E-state index is 12.9. The minimum atomic E-state index is -0.270. The Morgan fingerprint density at radius 3 is 2.86 bits per heavy atom. The zero-order chi connectivity index (χ0) is 15.4. The minimum absolute atomic E-state index is 0.126. The van der Waals surface area contributed by atoms with Gasteiger partial charge in [-0.05, 0) is 48.9 Å². The fraction of sp³-hybridized carbons (Fsp3) is 0.412. The molecule has 1 amide bonds. The molecule has 0 saturated carbocycles. The highest BCUT2D eigenvalue weighted by Gasteiger charge is 2.24. The molecule has 1 aliphatic rings. The standard InChI is InChI=1S/C17H20FN3O/c18-15-5-3-13(4-6-15)11-17(22)21-9-1-2-14(12-21)10-16-7-8-19-20-16/h3-8,14H,1-2,9-12H2,(H,19,20)/t14-/m0/s1. The van der Waals surface area contributed by atoms with Crippen LogP contribution in [0.4, 0.5) is 4.39 Å². The molecule has 1 atom stereocenters. The van der Waals surface area contributed by atoms with E-state index >= 15 is 0 Å². The number of nitrogens with one attached hydrogen (secondary N) is 1. The Labute approximate surface area is 129 Å². The molecule has 5 heteroatoms. The molecule has 4 nitrogen and oxygen atoms in total. The van der Waals surface area contributed by atoms with Crippen molar-refractivity contribution in [2.24, 2.45) is 5.92 Å². The van der Waals surface area contributed by atoms with Gasteiger partial charge in [0.1, 0.15) is 5.82 Å². The van der Waals surface area contributed by atoms with Crippen molar-refractivity contribution in [3.8, 4) is 0 Å². The highest BCUT2D eigenvalue weighted by molar-refractivity contribution is 5.78. The number of hydrogen-bond donors (Lipinski definition) is 1. The van der Waals surface area contributed by atoms with E-state index < -0.39 is 0 Å². The first kappa shape index (κ1) is 14.8. The van der Waals surface area contributed by atoms with Gasteiger partial charge in [0.05, 0.1) is 6.42 Å². The van der Waals surface area contributed by atoms with Gasteiger partial charge in [0.25, 0.3) is 0 Å². The molecule has 2 aromatic rings. The lowest BCUT2D eigenvalue weighted by molar-refractivity contribution is -0.132. The molecule has 0 aliphatic carbocycles. The molecule has 3 rings (SSSR count). The van der Waals surface area contributed by atoms with E-state index in [-0.39, 0.29) is 11.7 Å². The molecule has 0 spiro atoms. The molecule has 1 aromatic carbocycles. The van der Waals surface area contributed by atoms with Crippen molar-refractivity contribution in [3.63, 3.8) is 0 Å². The van der Waals surface area contributed by atoms with Gasteiger partial charge in [-0.25, -0.2) is 4.39 Å². The molecule has 1 aromatic heterocycles. The van der Waals surface area contributed by atoms with Gasteiger partial charge in [0.15, 0.2) is 0 Å².